The van der Waals surface area contributed by atoms with E-state index in [0.717, 1.165) is 24.3 Å². The standard InChI is InChI=1S/C11H17NOS/c1-8(2)5-9-6-14-10(12-9)11(7-13)3-4-11/h6,8,13H,3-5,7H2,1-2H3. The first kappa shape index (κ1) is 10.1. The number of rotatable bonds is 4. The van der Waals surface area contributed by atoms with Gasteiger partial charge in [-0.15, -0.1) is 11.3 Å². The third-order valence-corrected chi connectivity index (χ3v) is 3.92. The van der Waals surface area contributed by atoms with E-state index in [-0.39, 0.29) is 12.0 Å². The maximum absolute atomic E-state index is 9.27. The fourth-order valence-corrected chi connectivity index (χ4v) is 2.74. The predicted octanol–water partition coefficient (Wildman–Crippen LogP) is 2.37. The smallest absolute Gasteiger partial charge is 0.101 e. The molecule has 0 amide bonds. The topological polar surface area (TPSA) is 33.1 Å². The lowest BCUT2D eigenvalue weighted by Gasteiger charge is -2.06. The van der Waals surface area contributed by atoms with Crippen molar-refractivity contribution < 1.29 is 5.11 Å². The Balaban J connectivity index is 2.10. The van der Waals surface area contributed by atoms with Gasteiger partial charge in [0.25, 0.3) is 0 Å². The molecule has 2 rings (SSSR count). The molecular weight excluding hydrogens is 194 g/mol. The number of aromatic nitrogens is 1. The fraction of sp³-hybridized carbons (Fsp3) is 0.727. The van der Waals surface area contributed by atoms with E-state index in [4.69, 9.17) is 0 Å². The molecular formula is C11H17NOS. The van der Waals surface area contributed by atoms with Crippen molar-refractivity contribution in [1.82, 2.24) is 4.98 Å². The molecule has 0 aromatic carbocycles. The lowest BCUT2D eigenvalue weighted by Crippen LogP contribution is -2.11. The minimum Gasteiger partial charge on any atom is -0.395 e. The molecule has 0 bridgehead atoms. The SMILES string of the molecule is CC(C)Cc1csc(C2(CO)CC2)n1. The average molecular weight is 211 g/mol. The van der Waals surface area contributed by atoms with Crippen LogP contribution in [0.3, 0.4) is 0 Å². The summed E-state index contributed by atoms with van der Waals surface area (Å²) < 4.78 is 0. The van der Waals surface area contributed by atoms with Gasteiger partial charge in [-0.2, -0.15) is 0 Å². The van der Waals surface area contributed by atoms with Crippen molar-refractivity contribution in [3.63, 3.8) is 0 Å². The maximum atomic E-state index is 9.27. The largest absolute Gasteiger partial charge is 0.395 e. The van der Waals surface area contributed by atoms with E-state index < -0.39 is 0 Å². The molecule has 1 aromatic heterocycles. The second-order valence-electron chi connectivity index (χ2n) is 4.68. The van der Waals surface area contributed by atoms with Crippen LogP contribution in [0.4, 0.5) is 0 Å². The van der Waals surface area contributed by atoms with E-state index in [0.29, 0.717) is 5.92 Å². The minimum absolute atomic E-state index is 0.0555. The summed E-state index contributed by atoms with van der Waals surface area (Å²) in [5.41, 5.74) is 1.25. The van der Waals surface area contributed by atoms with Crippen LogP contribution in [0, 0.1) is 5.92 Å². The van der Waals surface area contributed by atoms with E-state index in [9.17, 15) is 5.11 Å². The van der Waals surface area contributed by atoms with Crippen LogP contribution in [0.5, 0.6) is 0 Å². The highest BCUT2D eigenvalue weighted by Gasteiger charge is 2.46. The lowest BCUT2D eigenvalue weighted by molar-refractivity contribution is 0.254. The quantitative estimate of drug-likeness (QED) is 0.829. The zero-order valence-corrected chi connectivity index (χ0v) is 9.60. The Bertz CT molecular complexity index is 315. The molecule has 1 aliphatic rings. The van der Waals surface area contributed by atoms with E-state index >= 15 is 0 Å². The molecule has 2 nitrogen and oxygen atoms in total. The van der Waals surface area contributed by atoms with Crippen LogP contribution < -0.4 is 0 Å². The Hall–Kier alpha value is -0.410. The first-order valence-corrected chi connectivity index (χ1v) is 6.10. The lowest BCUT2D eigenvalue weighted by atomic mass is 10.1. The minimum atomic E-state index is 0.0555. The molecule has 14 heavy (non-hydrogen) atoms. The van der Waals surface area contributed by atoms with Gasteiger partial charge in [-0.3, -0.25) is 0 Å². The Labute approximate surface area is 89.0 Å². The monoisotopic (exact) mass is 211 g/mol. The van der Waals surface area contributed by atoms with Crippen molar-refractivity contribution in [3.8, 4) is 0 Å². The molecule has 1 saturated carbocycles. The summed E-state index contributed by atoms with van der Waals surface area (Å²) in [4.78, 5) is 4.61. The Morgan fingerprint density at radius 1 is 1.57 bits per heavy atom. The van der Waals surface area contributed by atoms with Gasteiger partial charge in [-0.05, 0) is 25.2 Å². The van der Waals surface area contributed by atoms with Crippen molar-refractivity contribution in [3.05, 3.63) is 16.1 Å². The highest BCUT2D eigenvalue weighted by molar-refractivity contribution is 7.09. The van der Waals surface area contributed by atoms with Crippen LogP contribution >= 0.6 is 11.3 Å². The van der Waals surface area contributed by atoms with Crippen LogP contribution in [0.25, 0.3) is 0 Å². The number of thiazole rings is 1. The van der Waals surface area contributed by atoms with Crippen LogP contribution in [-0.2, 0) is 11.8 Å². The molecule has 0 atom stereocenters. The zero-order chi connectivity index (χ0) is 10.2. The van der Waals surface area contributed by atoms with Gasteiger partial charge in [-0.25, -0.2) is 4.98 Å². The number of aliphatic hydroxyl groups is 1. The number of hydrogen-bond donors (Lipinski definition) is 1. The molecule has 0 saturated heterocycles. The molecule has 0 unspecified atom stereocenters. The van der Waals surface area contributed by atoms with Gasteiger partial charge in [0.2, 0.25) is 0 Å². The number of hydrogen-bond acceptors (Lipinski definition) is 3. The van der Waals surface area contributed by atoms with Gasteiger partial charge in [-0.1, -0.05) is 13.8 Å². The summed E-state index contributed by atoms with van der Waals surface area (Å²) in [5.74, 6) is 0.661. The highest BCUT2D eigenvalue weighted by atomic mass is 32.1. The third kappa shape index (κ3) is 1.84. The average Bonchev–Trinajstić information content (AvgIpc) is 2.81. The number of aliphatic hydroxyl groups excluding tert-OH is 1. The summed E-state index contributed by atoms with van der Waals surface area (Å²) in [6, 6.07) is 0. The van der Waals surface area contributed by atoms with Gasteiger partial charge in [0.15, 0.2) is 0 Å². The van der Waals surface area contributed by atoms with Crippen molar-refractivity contribution in [2.45, 2.75) is 38.5 Å². The van der Waals surface area contributed by atoms with Crippen LogP contribution in [0.15, 0.2) is 5.38 Å². The molecule has 0 spiro atoms. The normalized spacial score (nSPS) is 18.9. The summed E-state index contributed by atoms with van der Waals surface area (Å²) in [7, 11) is 0. The van der Waals surface area contributed by atoms with E-state index in [1.807, 2.05) is 0 Å². The van der Waals surface area contributed by atoms with Crippen molar-refractivity contribution in [1.29, 1.82) is 0 Å². The Morgan fingerprint density at radius 3 is 2.79 bits per heavy atom. The summed E-state index contributed by atoms with van der Waals surface area (Å²) in [6.45, 7) is 4.68. The second-order valence-corrected chi connectivity index (χ2v) is 5.54. The molecule has 0 aliphatic heterocycles. The summed E-state index contributed by atoms with van der Waals surface area (Å²) >= 11 is 1.71. The Kier molecular flexibility index (Phi) is 2.62. The van der Waals surface area contributed by atoms with Crippen LogP contribution in [0.2, 0.25) is 0 Å². The zero-order valence-electron chi connectivity index (χ0n) is 8.79. The predicted molar refractivity (Wildman–Crippen MR) is 58.7 cm³/mol. The van der Waals surface area contributed by atoms with Gasteiger partial charge >= 0.3 is 0 Å². The molecule has 1 N–H and O–H groups in total. The summed E-state index contributed by atoms with van der Waals surface area (Å²) in [5, 5.41) is 12.6. The van der Waals surface area contributed by atoms with Gasteiger partial charge in [0, 0.05) is 10.8 Å². The number of nitrogens with zero attached hydrogens (tertiary/aromatic N) is 1. The molecule has 0 radical (unpaired) electrons. The van der Waals surface area contributed by atoms with Gasteiger partial charge in [0.05, 0.1) is 12.3 Å². The second kappa shape index (κ2) is 3.63. The van der Waals surface area contributed by atoms with Crippen LogP contribution in [0.1, 0.15) is 37.4 Å². The molecule has 1 aliphatic carbocycles. The molecule has 1 fully saturated rings. The molecule has 1 aromatic rings. The first-order chi connectivity index (χ1) is 6.66. The van der Waals surface area contributed by atoms with Gasteiger partial charge in [0.1, 0.15) is 5.01 Å². The molecule has 1 heterocycles. The maximum Gasteiger partial charge on any atom is 0.101 e. The van der Waals surface area contributed by atoms with Gasteiger partial charge < -0.3 is 5.11 Å². The third-order valence-electron chi connectivity index (χ3n) is 2.78. The molecule has 3 heteroatoms. The van der Waals surface area contributed by atoms with E-state index in [2.05, 4.69) is 24.2 Å². The van der Waals surface area contributed by atoms with Crippen LogP contribution in [-0.4, -0.2) is 16.7 Å². The Morgan fingerprint density at radius 2 is 2.29 bits per heavy atom. The van der Waals surface area contributed by atoms with E-state index in [1.54, 1.807) is 11.3 Å². The highest BCUT2D eigenvalue weighted by Crippen LogP contribution is 2.48. The van der Waals surface area contributed by atoms with Crippen molar-refractivity contribution in [2.75, 3.05) is 6.61 Å². The fourth-order valence-electron chi connectivity index (χ4n) is 1.65. The van der Waals surface area contributed by atoms with Crippen molar-refractivity contribution in [2.24, 2.45) is 5.92 Å². The molecule has 78 valence electrons. The summed E-state index contributed by atoms with van der Waals surface area (Å²) in [6.07, 6.45) is 3.27. The first-order valence-electron chi connectivity index (χ1n) is 5.22. The van der Waals surface area contributed by atoms with Crippen molar-refractivity contribution >= 4 is 11.3 Å². The van der Waals surface area contributed by atoms with E-state index in [1.165, 1.54) is 5.69 Å².